The molecule has 10 heteroatoms. The van der Waals surface area contributed by atoms with Crippen LogP contribution < -0.4 is 11.5 Å². The summed E-state index contributed by atoms with van der Waals surface area (Å²) in [5.74, 6) is -6.74. The summed E-state index contributed by atoms with van der Waals surface area (Å²) in [5.41, 5.74) is 10.1. The first-order chi connectivity index (χ1) is 18.4. The molecule has 5 rings (SSSR count). The number of hydrogen-bond donors (Lipinski definition) is 6. The summed E-state index contributed by atoms with van der Waals surface area (Å²) in [6, 6.07) is 9.22. The zero-order chi connectivity index (χ0) is 28.4. The van der Waals surface area contributed by atoms with Crippen molar-refractivity contribution in [3.63, 3.8) is 0 Å². The Morgan fingerprint density at radius 1 is 1.05 bits per heavy atom. The van der Waals surface area contributed by atoms with Gasteiger partial charge in [-0.3, -0.25) is 19.3 Å². The van der Waals surface area contributed by atoms with E-state index in [9.17, 15) is 34.8 Å². The predicted molar refractivity (Wildman–Crippen MR) is 143 cm³/mol. The number of hydrogen-bond acceptors (Lipinski definition) is 9. The van der Waals surface area contributed by atoms with Crippen LogP contribution in [0.3, 0.4) is 0 Å². The number of phenolic OH excluding ortho intramolecular Hbond substituents is 1. The van der Waals surface area contributed by atoms with Gasteiger partial charge in [-0.15, -0.1) is 0 Å². The molecule has 2 aromatic rings. The largest absolute Gasteiger partial charge is 0.510 e. The van der Waals surface area contributed by atoms with E-state index in [1.165, 1.54) is 11.0 Å². The maximum atomic E-state index is 13.8. The summed E-state index contributed by atoms with van der Waals surface area (Å²) in [4.78, 5) is 40.7. The quantitative estimate of drug-likeness (QED) is 0.194. The Morgan fingerprint density at radius 2 is 1.72 bits per heavy atom. The van der Waals surface area contributed by atoms with E-state index in [0.29, 0.717) is 16.8 Å². The molecule has 0 aromatic heterocycles. The molecule has 0 heterocycles. The van der Waals surface area contributed by atoms with E-state index in [1.807, 2.05) is 24.3 Å². The van der Waals surface area contributed by atoms with Crippen LogP contribution in [0.15, 0.2) is 59.1 Å². The predicted octanol–water partition coefficient (Wildman–Crippen LogP) is 1.87. The summed E-state index contributed by atoms with van der Waals surface area (Å²) in [6.45, 7) is 0. The van der Waals surface area contributed by atoms with Gasteiger partial charge in [-0.2, -0.15) is 0 Å². The van der Waals surface area contributed by atoms with Crippen molar-refractivity contribution in [1.29, 1.82) is 0 Å². The first-order valence-corrected chi connectivity index (χ1v) is 12.4. The number of benzene rings is 2. The van der Waals surface area contributed by atoms with Gasteiger partial charge in [0.05, 0.1) is 11.6 Å². The molecular formula is C29H29N3O7. The van der Waals surface area contributed by atoms with Crippen molar-refractivity contribution in [3.8, 4) is 5.75 Å². The Labute approximate surface area is 224 Å². The standard InChI is InChI=1S/C29H29N3O7/c1-32(2)23-18-12-15-11-17-14(6-3-13-4-8-16(30)9-5-13)7-10-19(33)21(17)24(34)20(15)26(36)29(18,39)27(37)22(25(23)35)28(31)38/h3-10,15,18,23,33,35-36,39H,11-12,30H2,1-2H3,(H2,31,38)/b6-3+/t15-,18-,23-,29-/m0/s1. The molecule has 0 fully saturated rings. The topological polar surface area (TPSA) is 187 Å². The number of rotatable bonds is 4. The highest BCUT2D eigenvalue weighted by molar-refractivity contribution is 6.24. The van der Waals surface area contributed by atoms with Crippen molar-refractivity contribution >= 4 is 35.3 Å². The number of likely N-dealkylation sites (N-methyl/N-ethyl adjacent to an activating group) is 1. The van der Waals surface area contributed by atoms with E-state index >= 15 is 0 Å². The van der Waals surface area contributed by atoms with Crippen LogP contribution in [0.1, 0.15) is 33.5 Å². The number of amides is 1. The van der Waals surface area contributed by atoms with E-state index < -0.39 is 58.0 Å². The van der Waals surface area contributed by atoms with E-state index in [0.717, 1.165) is 5.56 Å². The van der Waals surface area contributed by atoms with E-state index in [2.05, 4.69) is 0 Å². The number of aliphatic hydroxyl groups is 3. The molecule has 0 spiro atoms. The number of nitrogens with zero attached hydrogens (tertiary/aromatic N) is 1. The fourth-order valence-corrected chi connectivity index (χ4v) is 6.22. The lowest BCUT2D eigenvalue weighted by atomic mass is 9.58. The maximum absolute atomic E-state index is 13.8. The second kappa shape index (κ2) is 9.11. The van der Waals surface area contributed by atoms with Crippen molar-refractivity contribution in [3.05, 3.63) is 81.3 Å². The molecule has 0 unspecified atom stereocenters. The average molecular weight is 532 g/mol. The van der Waals surface area contributed by atoms with Crippen LogP contribution in [-0.4, -0.2) is 68.5 Å². The fraction of sp³-hybridized carbons (Fsp3) is 0.276. The molecule has 0 bridgehead atoms. The molecule has 202 valence electrons. The third kappa shape index (κ3) is 3.83. The van der Waals surface area contributed by atoms with Crippen LogP contribution in [0.4, 0.5) is 5.69 Å². The average Bonchev–Trinajstić information content (AvgIpc) is 2.86. The lowest BCUT2D eigenvalue weighted by Gasteiger charge is -2.50. The molecule has 8 N–H and O–H groups in total. The van der Waals surface area contributed by atoms with Gasteiger partial charge in [0.2, 0.25) is 5.78 Å². The van der Waals surface area contributed by atoms with Crippen molar-refractivity contribution in [2.45, 2.75) is 24.5 Å². The van der Waals surface area contributed by atoms with Gasteiger partial charge in [0, 0.05) is 17.2 Å². The minimum Gasteiger partial charge on any atom is -0.510 e. The summed E-state index contributed by atoms with van der Waals surface area (Å²) in [5, 5.41) is 44.5. The molecule has 39 heavy (non-hydrogen) atoms. The van der Waals surface area contributed by atoms with Crippen molar-refractivity contribution in [2.24, 2.45) is 17.6 Å². The minimum absolute atomic E-state index is 0.0303. The number of anilines is 1. The number of primary amides is 1. The van der Waals surface area contributed by atoms with Gasteiger partial charge in [0.1, 0.15) is 22.8 Å². The highest BCUT2D eigenvalue weighted by Gasteiger charge is 2.63. The van der Waals surface area contributed by atoms with Gasteiger partial charge in [-0.05, 0) is 67.7 Å². The molecule has 3 aliphatic rings. The number of ketones is 2. The Balaban J connectivity index is 1.65. The van der Waals surface area contributed by atoms with Gasteiger partial charge < -0.3 is 31.9 Å². The number of carbonyl (C=O) groups excluding carboxylic acids is 3. The molecule has 3 aliphatic carbocycles. The number of aliphatic hydroxyl groups excluding tert-OH is 2. The molecule has 0 saturated heterocycles. The Morgan fingerprint density at radius 3 is 2.33 bits per heavy atom. The third-order valence-electron chi connectivity index (χ3n) is 8.03. The lowest BCUT2D eigenvalue weighted by molar-refractivity contribution is -0.148. The van der Waals surface area contributed by atoms with Crippen LogP contribution in [0, 0.1) is 11.8 Å². The van der Waals surface area contributed by atoms with Gasteiger partial charge >= 0.3 is 0 Å². The van der Waals surface area contributed by atoms with Gasteiger partial charge in [0.15, 0.2) is 11.4 Å². The van der Waals surface area contributed by atoms with Crippen LogP contribution in [-0.2, 0) is 16.0 Å². The number of carbonyl (C=O) groups is 3. The van der Waals surface area contributed by atoms with Gasteiger partial charge in [-0.25, -0.2) is 0 Å². The van der Waals surface area contributed by atoms with Gasteiger partial charge in [0.25, 0.3) is 5.91 Å². The summed E-state index contributed by atoms with van der Waals surface area (Å²) in [6.07, 6.45) is 3.90. The monoisotopic (exact) mass is 531 g/mol. The lowest BCUT2D eigenvalue weighted by Crippen LogP contribution is -2.63. The SMILES string of the molecule is CN(C)[C@@H]1C(O)=C(C(N)=O)C(=O)[C@@]2(O)C(O)=C3C(=O)c4c(O)ccc(/C=C/c5ccc(N)cc5)c4C[C@H]3C[C@@H]12. The minimum atomic E-state index is -2.66. The van der Waals surface area contributed by atoms with Crippen LogP contribution in [0.25, 0.3) is 12.2 Å². The fourth-order valence-electron chi connectivity index (χ4n) is 6.22. The normalized spacial score (nSPS) is 26.6. The summed E-state index contributed by atoms with van der Waals surface area (Å²) >= 11 is 0. The molecule has 10 nitrogen and oxygen atoms in total. The van der Waals surface area contributed by atoms with E-state index in [-0.39, 0.29) is 29.7 Å². The van der Waals surface area contributed by atoms with Crippen molar-refractivity contribution in [2.75, 3.05) is 19.8 Å². The highest BCUT2D eigenvalue weighted by Crippen LogP contribution is 2.52. The van der Waals surface area contributed by atoms with E-state index in [1.54, 1.807) is 32.3 Å². The zero-order valence-corrected chi connectivity index (χ0v) is 21.4. The second-order valence-corrected chi connectivity index (χ2v) is 10.5. The zero-order valence-electron chi connectivity index (χ0n) is 21.4. The van der Waals surface area contributed by atoms with E-state index in [4.69, 9.17) is 11.5 Å². The highest BCUT2D eigenvalue weighted by atomic mass is 16.3. The first kappa shape index (κ1) is 26.2. The smallest absolute Gasteiger partial charge is 0.255 e. The van der Waals surface area contributed by atoms with Crippen LogP contribution in [0.2, 0.25) is 0 Å². The van der Waals surface area contributed by atoms with Crippen LogP contribution >= 0.6 is 0 Å². The van der Waals surface area contributed by atoms with Crippen molar-refractivity contribution < 1.29 is 34.8 Å². The van der Waals surface area contributed by atoms with Gasteiger partial charge in [-0.1, -0.05) is 30.4 Å². The van der Waals surface area contributed by atoms with Crippen molar-refractivity contribution in [1.82, 2.24) is 4.90 Å². The Bertz CT molecular complexity index is 1520. The van der Waals surface area contributed by atoms with Crippen LogP contribution in [0.5, 0.6) is 5.75 Å². The Hall–Kier alpha value is -4.41. The molecule has 2 aromatic carbocycles. The number of fused-ring (bicyclic) bond motifs is 3. The Kier molecular flexibility index (Phi) is 6.12. The molecule has 0 aliphatic heterocycles. The maximum Gasteiger partial charge on any atom is 0.255 e. The molecule has 1 amide bonds. The first-order valence-electron chi connectivity index (χ1n) is 12.4. The molecule has 0 radical (unpaired) electrons. The summed E-state index contributed by atoms with van der Waals surface area (Å²) in [7, 11) is 3.18. The molecule has 4 atom stereocenters. The summed E-state index contributed by atoms with van der Waals surface area (Å²) < 4.78 is 0. The number of nitrogen functional groups attached to an aromatic ring is 1. The number of Topliss-reactive ketones (excluding diaryl/α,β-unsaturated/α-hetero) is 2. The molecule has 0 saturated carbocycles. The number of phenols is 1. The number of nitrogens with two attached hydrogens (primary N) is 2. The molecular weight excluding hydrogens is 502 g/mol. The number of allylic oxidation sites excluding steroid dienone is 1. The number of aromatic hydroxyl groups is 1. The third-order valence-corrected chi connectivity index (χ3v) is 8.03. The second-order valence-electron chi connectivity index (χ2n) is 10.5.